The normalized spacial score (nSPS) is 19.7. The lowest BCUT2D eigenvalue weighted by Gasteiger charge is -2.28. The number of esters is 1. The number of aliphatic hydroxyl groups is 1. The van der Waals surface area contributed by atoms with E-state index in [2.05, 4.69) is 5.32 Å². The number of amides is 1. The lowest BCUT2D eigenvalue weighted by atomic mass is 10.0. The van der Waals surface area contributed by atoms with E-state index in [-0.39, 0.29) is 18.9 Å². The topological polar surface area (TPSA) is 116 Å². The molecule has 1 aromatic carbocycles. The van der Waals surface area contributed by atoms with Gasteiger partial charge in [-0.25, -0.2) is 4.79 Å². The molecule has 154 valence electrons. The first kappa shape index (κ1) is 21.8. The van der Waals surface area contributed by atoms with Crippen LogP contribution < -0.4 is 5.32 Å². The molecule has 0 saturated carbocycles. The van der Waals surface area contributed by atoms with Crippen molar-refractivity contribution in [3.63, 3.8) is 0 Å². The smallest absolute Gasteiger partial charge is 0.326 e. The number of carbonyl (C=O) groups excluding carboxylic acids is 2. The third-order valence-corrected chi connectivity index (χ3v) is 4.86. The van der Waals surface area contributed by atoms with E-state index in [1.165, 1.54) is 4.90 Å². The van der Waals surface area contributed by atoms with Gasteiger partial charge in [-0.05, 0) is 32.3 Å². The van der Waals surface area contributed by atoms with Crippen LogP contribution in [0.5, 0.6) is 0 Å². The van der Waals surface area contributed by atoms with Crippen molar-refractivity contribution in [1.29, 1.82) is 0 Å². The van der Waals surface area contributed by atoms with Gasteiger partial charge in [0.05, 0.1) is 18.8 Å². The van der Waals surface area contributed by atoms with E-state index in [9.17, 15) is 24.6 Å². The predicted octanol–water partition coefficient (Wildman–Crippen LogP) is 1.10. The molecule has 1 heterocycles. The number of aliphatic hydroxyl groups excluding tert-OH is 1. The number of rotatable bonds is 9. The van der Waals surface area contributed by atoms with Crippen LogP contribution >= 0.6 is 0 Å². The molecule has 0 aromatic heterocycles. The second-order valence-electron chi connectivity index (χ2n) is 6.88. The minimum atomic E-state index is -1.03. The summed E-state index contributed by atoms with van der Waals surface area (Å²) in [6.45, 7) is 3.81. The van der Waals surface area contributed by atoms with Crippen molar-refractivity contribution >= 4 is 17.8 Å². The van der Waals surface area contributed by atoms with E-state index >= 15 is 0 Å². The molecule has 0 aliphatic carbocycles. The second kappa shape index (κ2) is 10.2. The molecule has 28 heavy (non-hydrogen) atoms. The number of ether oxygens (including phenoxy) is 1. The molecular weight excluding hydrogens is 364 g/mol. The predicted molar refractivity (Wildman–Crippen MR) is 101 cm³/mol. The summed E-state index contributed by atoms with van der Waals surface area (Å²) in [5.74, 6) is -1.97. The molecule has 1 aliphatic rings. The average molecular weight is 392 g/mol. The summed E-state index contributed by atoms with van der Waals surface area (Å²) in [6, 6.07) is 6.37. The quantitative estimate of drug-likeness (QED) is 0.539. The van der Waals surface area contributed by atoms with Crippen LogP contribution in [0.15, 0.2) is 30.3 Å². The maximum atomic E-state index is 12.7. The third-order valence-electron chi connectivity index (χ3n) is 4.86. The monoisotopic (exact) mass is 392 g/mol. The van der Waals surface area contributed by atoms with Crippen LogP contribution in [0.3, 0.4) is 0 Å². The van der Waals surface area contributed by atoms with Gasteiger partial charge in [0.2, 0.25) is 5.91 Å². The zero-order valence-corrected chi connectivity index (χ0v) is 16.2. The number of carboxylic acids is 1. The van der Waals surface area contributed by atoms with E-state index in [1.54, 1.807) is 38.1 Å². The molecule has 3 N–H and O–H groups in total. The first-order chi connectivity index (χ1) is 13.3. The van der Waals surface area contributed by atoms with Gasteiger partial charge in [0, 0.05) is 13.0 Å². The van der Waals surface area contributed by atoms with Crippen molar-refractivity contribution in [3.8, 4) is 0 Å². The molecule has 0 spiro atoms. The lowest BCUT2D eigenvalue weighted by molar-refractivity contribution is -0.150. The number of hydrogen-bond donors (Lipinski definition) is 3. The van der Waals surface area contributed by atoms with Crippen molar-refractivity contribution in [2.45, 2.75) is 57.3 Å². The molecule has 1 saturated heterocycles. The van der Waals surface area contributed by atoms with Crippen LogP contribution in [0.25, 0.3) is 0 Å². The van der Waals surface area contributed by atoms with Gasteiger partial charge < -0.3 is 19.8 Å². The highest BCUT2D eigenvalue weighted by Crippen LogP contribution is 2.21. The molecule has 1 amide bonds. The second-order valence-corrected chi connectivity index (χ2v) is 6.88. The van der Waals surface area contributed by atoms with E-state index < -0.39 is 36.2 Å². The standard InChI is InChI=1S/C20H28N2O6/c1-3-28-20(27)15(12-17(23)14-8-5-4-6-9-14)21-13(2)18(24)22-11-7-10-16(22)19(25)26/h4-6,8-9,13,15-17,21,23H,3,7,10-12H2,1-2H3,(H,25,26)/t13-,15-,16-,17+/m0/s1. The minimum Gasteiger partial charge on any atom is -0.480 e. The molecule has 1 aromatic rings. The Balaban J connectivity index is 2.07. The van der Waals surface area contributed by atoms with Crippen molar-refractivity contribution < 1.29 is 29.3 Å². The summed E-state index contributed by atoms with van der Waals surface area (Å²) in [5, 5.41) is 22.7. The summed E-state index contributed by atoms with van der Waals surface area (Å²) in [7, 11) is 0. The largest absolute Gasteiger partial charge is 0.480 e. The van der Waals surface area contributed by atoms with Crippen LogP contribution in [-0.2, 0) is 19.1 Å². The number of likely N-dealkylation sites (tertiary alicyclic amines) is 1. The molecule has 0 unspecified atom stereocenters. The fraction of sp³-hybridized carbons (Fsp3) is 0.550. The Morgan fingerprint density at radius 3 is 2.57 bits per heavy atom. The fourth-order valence-electron chi connectivity index (χ4n) is 3.42. The zero-order valence-electron chi connectivity index (χ0n) is 16.2. The molecule has 1 aliphatic heterocycles. The molecule has 2 rings (SSSR count). The van der Waals surface area contributed by atoms with Gasteiger partial charge in [0.1, 0.15) is 12.1 Å². The average Bonchev–Trinajstić information content (AvgIpc) is 3.17. The molecule has 1 fully saturated rings. The fourth-order valence-corrected chi connectivity index (χ4v) is 3.42. The molecular formula is C20H28N2O6. The van der Waals surface area contributed by atoms with Crippen LogP contribution in [0, 0.1) is 0 Å². The molecule has 0 bridgehead atoms. The molecule has 4 atom stereocenters. The summed E-state index contributed by atoms with van der Waals surface area (Å²) in [5.41, 5.74) is 0.656. The first-order valence-corrected chi connectivity index (χ1v) is 9.54. The highest BCUT2D eigenvalue weighted by molar-refractivity contribution is 5.88. The van der Waals surface area contributed by atoms with E-state index in [0.717, 1.165) is 0 Å². The van der Waals surface area contributed by atoms with Gasteiger partial charge in [-0.3, -0.25) is 14.9 Å². The summed E-state index contributed by atoms with van der Waals surface area (Å²) < 4.78 is 5.07. The van der Waals surface area contributed by atoms with Crippen molar-refractivity contribution in [2.75, 3.05) is 13.2 Å². The van der Waals surface area contributed by atoms with Gasteiger partial charge in [0.15, 0.2) is 0 Å². The Bertz CT molecular complexity index is 681. The Hall–Kier alpha value is -2.45. The first-order valence-electron chi connectivity index (χ1n) is 9.54. The highest BCUT2D eigenvalue weighted by Gasteiger charge is 2.37. The maximum Gasteiger partial charge on any atom is 0.326 e. The van der Waals surface area contributed by atoms with Crippen LogP contribution in [0.4, 0.5) is 0 Å². The highest BCUT2D eigenvalue weighted by atomic mass is 16.5. The van der Waals surface area contributed by atoms with Crippen LogP contribution in [-0.4, -0.2) is 64.2 Å². The summed E-state index contributed by atoms with van der Waals surface area (Å²) in [4.78, 5) is 37.7. The van der Waals surface area contributed by atoms with Gasteiger partial charge in [-0.1, -0.05) is 30.3 Å². The third kappa shape index (κ3) is 5.53. The number of benzene rings is 1. The number of nitrogens with zero attached hydrogens (tertiary/aromatic N) is 1. The van der Waals surface area contributed by atoms with Gasteiger partial charge in [-0.2, -0.15) is 0 Å². The van der Waals surface area contributed by atoms with Gasteiger partial charge in [0.25, 0.3) is 0 Å². The number of aliphatic carboxylic acids is 1. The summed E-state index contributed by atoms with van der Waals surface area (Å²) in [6.07, 6.45) is 0.164. The van der Waals surface area contributed by atoms with E-state index in [4.69, 9.17) is 4.74 Å². The number of hydrogen-bond acceptors (Lipinski definition) is 6. The van der Waals surface area contributed by atoms with Crippen LogP contribution in [0.1, 0.15) is 44.8 Å². The zero-order chi connectivity index (χ0) is 20.7. The van der Waals surface area contributed by atoms with Crippen molar-refractivity contribution in [2.24, 2.45) is 0 Å². The molecule has 8 nitrogen and oxygen atoms in total. The van der Waals surface area contributed by atoms with Crippen molar-refractivity contribution in [1.82, 2.24) is 10.2 Å². The minimum absolute atomic E-state index is 0.0306. The van der Waals surface area contributed by atoms with Crippen LogP contribution in [0.2, 0.25) is 0 Å². The lowest BCUT2D eigenvalue weighted by Crippen LogP contribution is -2.53. The van der Waals surface area contributed by atoms with E-state index in [0.29, 0.717) is 24.9 Å². The SMILES string of the molecule is CCOC(=O)[C@H](C[C@@H](O)c1ccccc1)N[C@@H](C)C(=O)N1CCC[C@H]1C(=O)O. The Morgan fingerprint density at radius 2 is 1.96 bits per heavy atom. The van der Waals surface area contributed by atoms with Crippen molar-refractivity contribution in [3.05, 3.63) is 35.9 Å². The Kier molecular flexibility index (Phi) is 7.95. The molecule has 8 heteroatoms. The number of carboxylic acid groups (broad SMARTS) is 1. The molecule has 0 radical (unpaired) electrons. The van der Waals surface area contributed by atoms with E-state index in [1.807, 2.05) is 6.07 Å². The Labute approximate surface area is 164 Å². The Morgan fingerprint density at radius 1 is 1.29 bits per heavy atom. The number of carbonyl (C=O) groups is 3. The summed E-state index contributed by atoms with van der Waals surface area (Å²) >= 11 is 0. The maximum absolute atomic E-state index is 12.7. The van der Waals surface area contributed by atoms with Gasteiger partial charge >= 0.3 is 11.9 Å². The number of nitrogens with one attached hydrogen (secondary N) is 1. The van der Waals surface area contributed by atoms with Gasteiger partial charge in [-0.15, -0.1) is 0 Å².